The summed E-state index contributed by atoms with van der Waals surface area (Å²) in [4.78, 5) is 1.78. The lowest BCUT2D eigenvalue weighted by molar-refractivity contribution is -0.906. The van der Waals surface area contributed by atoms with Gasteiger partial charge in [-0.2, -0.15) is 0 Å². The fourth-order valence-electron chi connectivity index (χ4n) is 2.76. The normalized spacial score (nSPS) is 22.5. The topological polar surface area (TPSA) is 22.9 Å². The second-order valence-corrected chi connectivity index (χ2v) is 5.91. The van der Waals surface area contributed by atoms with E-state index in [1.165, 1.54) is 38.9 Å². The molecule has 1 aliphatic heterocycles. The van der Waals surface area contributed by atoms with Crippen molar-refractivity contribution in [2.24, 2.45) is 5.92 Å². The number of unbranched alkanes of at least 4 members (excludes halogenated alkanes) is 1. The predicted molar refractivity (Wildman–Crippen MR) is 81.7 cm³/mol. The SMILES string of the molecule is COc1ccc(OCCCC[NH+]2CCC(C)CC2)cc1. The number of piperidine rings is 1. The van der Waals surface area contributed by atoms with E-state index in [1.54, 1.807) is 12.0 Å². The van der Waals surface area contributed by atoms with Crippen LogP contribution in [0.1, 0.15) is 32.6 Å². The van der Waals surface area contributed by atoms with Crippen molar-refractivity contribution in [3.63, 3.8) is 0 Å². The van der Waals surface area contributed by atoms with Gasteiger partial charge in [0, 0.05) is 0 Å². The molecule has 1 aromatic carbocycles. The number of nitrogens with one attached hydrogen (secondary N) is 1. The molecule has 0 saturated carbocycles. The molecule has 0 aliphatic carbocycles. The smallest absolute Gasteiger partial charge is 0.119 e. The van der Waals surface area contributed by atoms with Crippen molar-refractivity contribution < 1.29 is 14.4 Å². The largest absolute Gasteiger partial charge is 0.497 e. The van der Waals surface area contributed by atoms with Crippen LogP contribution in [0.2, 0.25) is 0 Å². The molecule has 3 heteroatoms. The van der Waals surface area contributed by atoms with Gasteiger partial charge in [-0.25, -0.2) is 0 Å². The first-order chi connectivity index (χ1) is 9.78. The summed E-state index contributed by atoms with van der Waals surface area (Å²) in [6.07, 6.45) is 5.21. The van der Waals surface area contributed by atoms with E-state index >= 15 is 0 Å². The molecule has 0 amide bonds. The van der Waals surface area contributed by atoms with Crippen molar-refractivity contribution in [2.75, 3.05) is 33.4 Å². The molecular weight excluding hydrogens is 250 g/mol. The fourth-order valence-corrected chi connectivity index (χ4v) is 2.76. The van der Waals surface area contributed by atoms with Crippen molar-refractivity contribution in [2.45, 2.75) is 32.6 Å². The molecule has 112 valence electrons. The van der Waals surface area contributed by atoms with Crippen LogP contribution >= 0.6 is 0 Å². The summed E-state index contributed by atoms with van der Waals surface area (Å²) in [6.45, 7) is 7.22. The van der Waals surface area contributed by atoms with Crippen molar-refractivity contribution in [1.29, 1.82) is 0 Å². The Morgan fingerprint density at radius 3 is 2.35 bits per heavy atom. The molecule has 0 atom stereocenters. The lowest BCUT2D eigenvalue weighted by Gasteiger charge is -2.27. The zero-order chi connectivity index (χ0) is 14.2. The third kappa shape index (κ3) is 5.04. The van der Waals surface area contributed by atoms with Crippen LogP contribution in [0.25, 0.3) is 0 Å². The zero-order valence-corrected chi connectivity index (χ0v) is 12.9. The van der Waals surface area contributed by atoms with Crippen LogP contribution in [0, 0.1) is 5.92 Å². The van der Waals surface area contributed by atoms with Crippen molar-refractivity contribution in [3.8, 4) is 11.5 Å². The molecule has 1 saturated heterocycles. The molecule has 20 heavy (non-hydrogen) atoms. The molecule has 1 fully saturated rings. The van der Waals surface area contributed by atoms with Gasteiger partial charge in [0.25, 0.3) is 0 Å². The average molecular weight is 278 g/mol. The summed E-state index contributed by atoms with van der Waals surface area (Å²) >= 11 is 0. The Labute approximate surface area is 122 Å². The summed E-state index contributed by atoms with van der Waals surface area (Å²) < 4.78 is 10.9. The van der Waals surface area contributed by atoms with E-state index in [2.05, 4.69) is 6.92 Å². The number of hydrogen-bond donors (Lipinski definition) is 1. The Morgan fingerprint density at radius 1 is 1.05 bits per heavy atom. The van der Waals surface area contributed by atoms with Crippen LogP contribution in [-0.2, 0) is 0 Å². The third-order valence-electron chi connectivity index (χ3n) is 4.23. The maximum Gasteiger partial charge on any atom is 0.119 e. The Kier molecular flexibility index (Phi) is 6.19. The zero-order valence-electron chi connectivity index (χ0n) is 12.9. The average Bonchev–Trinajstić information content (AvgIpc) is 2.49. The number of likely N-dealkylation sites (tertiary alicyclic amines) is 1. The lowest BCUT2D eigenvalue weighted by Crippen LogP contribution is -3.13. The van der Waals surface area contributed by atoms with E-state index in [0.29, 0.717) is 0 Å². The second kappa shape index (κ2) is 8.15. The van der Waals surface area contributed by atoms with E-state index < -0.39 is 0 Å². The minimum Gasteiger partial charge on any atom is -0.497 e. The van der Waals surface area contributed by atoms with Crippen molar-refractivity contribution in [3.05, 3.63) is 24.3 Å². The third-order valence-corrected chi connectivity index (χ3v) is 4.23. The maximum atomic E-state index is 5.75. The highest BCUT2D eigenvalue weighted by molar-refractivity contribution is 5.31. The molecule has 1 heterocycles. The van der Waals surface area contributed by atoms with Gasteiger partial charge in [0.1, 0.15) is 11.5 Å². The number of quaternary nitrogens is 1. The van der Waals surface area contributed by atoms with Crippen molar-refractivity contribution in [1.82, 2.24) is 0 Å². The van der Waals surface area contributed by atoms with Crippen LogP contribution in [0.4, 0.5) is 0 Å². The van der Waals surface area contributed by atoms with Crippen LogP contribution in [0.5, 0.6) is 11.5 Å². The van der Waals surface area contributed by atoms with Crippen LogP contribution < -0.4 is 14.4 Å². The Bertz CT molecular complexity index is 369. The Hall–Kier alpha value is -1.22. The highest BCUT2D eigenvalue weighted by Gasteiger charge is 2.17. The van der Waals surface area contributed by atoms with Gasteiger partial charge in [0.2, 0.25) is 0 Å². The monoisotopic (exact) mass is 278 g/mol. The van der Waals surface area contributed by atoms with Crippen molar-refractivity contribution >= 4 is 0 Å². The van der Waals surface area contributed by atoms with E-state index in [4.69, 9.17) is 9.47 Å². The van der Waals surface area contributed by atoms with E-state index in [9.17, 15) is 0 Å². The minimum atomic E-state index is 0.815. The predicted octanol–water partition coefficient (Wildman–Crippen LogP) is 2.17. The molecule has 0 aromatic heterocycles. The van der Waals surface area contributed by atoms with Gasteiger partial charge in [-0.3, -0.25) is 0 Å². The summed E-state index contributed by atoms with van der Waals surface area (Å²) in [7, 11) is 1.68. The standard InChI is InChI=1S/C17H27NO2/c1-15-9-12-18(13-10-15)11-3-4-14-20-17-7-5-16(19-2)6-8-17/h5-8,15H,3-4,9-14H2,1-2H3/p+1. The van der Waals surface area contributed by atoms with Crippen LogP contribution in [-0.4, -0.2) is 33.4 Å². The summed E-state index contributed by atoms with van der Waals surface area (Å²) in [5.41, 5.74) is 0. The molecule has 0 spiro atoms. The number of methoxy groups -OCH3 is 1. The highest BCUT2D eigenvalue weighted by Crippen LogP contribution is 2.17. The van der Waals surface area contributed by atoms with E-state index in [1.807, 2.05) is 24.3 Å². The first-order valence-electron chi connectivity index (χ1n) is 7.88. The van der Waals surface area contributed by atoms with Gasteiger partial charge in [-0.15, -0.1) is 0 Å². The van der Waals surface area contributed by atoms with Gasteiger partial charge in [-0.1, -0.05) is 6.92 Å². The van der Waals surface area contributed by atoms with Gasteiger partial charge in [0.05, 0.1) is 33.4 Å². The lowest BCUT2D eigenvalue weighted by atomic mass is 9.99. The highest BCUT2D eigenvalue weighted by atomic mass is 16.5. The first-order valence-corrected chi connectivity index (χ1v) is 7.88. The van der Waals surface area contributed by atoms with E-state index in [0.717, 1.165) is 30.4 Å². The quantitative estimate of drug-likeness (QED) is 0.773. The summed E-state index contributed by atoms with van der Waals surface area (Å²) in [5, 5.41) is 0. The molecule has 1 aromatic rings. The number of hydrogen-bond acceptors (Lipinski definition) is 2. The maximum absolute atomic E-state index is 5.75. The summed E-state index contributed by atoms with van der Waals surface area (Å²) in [6, 6.07) is 7.81. The fraction of sp³-hybridized carbons (Fsp3) is 0.647. The molecule has 0 bridgehead atoms. The summed E-state index contributed by atoms with van der Waals surface area (Å²) in [5.74, 6) is 2.75. The second-order valence-electron chi connectivity index (χ2n) is 5.91. The minimum absolute atomic E-state index is 0.815. The Morgan fingerprint density at radius 2 is 1.70 bits per heavy atom. The number of rotatable bonds is 7. The van der Waals surface area contributed by atoms with Crippen LogP contribution in [0.15, 0.2) is 24.3 Å². The van der Waals surface area contributed by atoms with E-state index in [-0.39, 0.29) is 0 Å². The molecule has 1 aliphatic rings. The van der Waals surface area contributed by atoms with Gasteiger partial charge >= 0.3 is 0 Å². The van der Waals surface area contributed by atoms with Gasteiger partial charge < -0.3 is 14.4 Å². The molecular formula is C17H28NO2+. The number of benzene rings is 1. The first kappa shape index (κ1) is 15.2. The van der Waals surface area contributed by atoms with Gasteiger partial charge in [-0.05, 0) is 55.9 Å². The molecule has 3 nitrogen and oxygen atoms in total. The molecule has 0 radical (unpaired) electrons. The van der Waals surface area contributed by atoms with Crippen LogP contribution in [0.3, 0.4) is 0 Å². The number of ether oxygens (including phenoxy) is 2. The Balaban J connectivity index is 1.55. The molecule has 2 rings (SSSR count). The molecule has 1 N–H and O–H groups in total. The van der Waals surface area contributed by atoms with Gasteiger partial charge in [0.15, 0.2) is 0 Å². The molecule has 0 unspecified atom stereocenters.